The first-order valence-electron chi connectivity index (χ1n) is 11.0. The van der Waals surface area contributed by atoms with Gasteiger partial charge in [0.2, 0.25) is 11.8 Å². The normalized spacial score (nSPS) is 12.1. The van der Waals surface area contributed by atoms with Crippen molar-refractivity contribution >= 4 is 57.7 Å². The molecule has 2 N–H and O–H groups in total. The van der Waals surface area contributed by atoms with E-state index in [1.165, 1.54) is 11.6 Å². The Morgan fingerprint density at radius 2 is 1.85 bits per heavy atom. The minimum absolute atomic E-state index is 0.206. The molecule has 4 rings (SSSR count). The summed E-state index contributed by atoms with van der Waals surface area (Å²) in [6.07, 6.45) is 4.18. The third-order valence-electron chi connectivity index (χ3n) is 5.52. The van der Waals surface area contributed by atoms with E-state index in [9.17, 15) is 4.79 Å². The molecule has 3 aromatic carbocycles. The highest BCUT2D eigenvalue weighted by molar-refractivity contribution is 7.80. The number of carbonyl (C=O) groups excluding carboxylic acids is 1. The number of amides is 1. The zero-order chi connectivity index (χ0) is 24.1. The molecule has 4 aromatic rings. The molecule has 0 aliphatic carbocycles. The number of fused-ring (bicyclic) bond motifs is 1. The van der Waals surface area contributed by atoms with Crippen molar-refractivity contribution in [3.8, 4) is 11.5 Å². The number of rotatable bonds is 6. The van der Waals surface area contributed by atoms with Crippen molar-refractivity contribution in [2.75, 3.05) is 5.32 Å². The van der Waals surface area contributed by atoms with Gasteiger partial charge in [0.25, 0.3) is 0 Å². The summed E-state index contributed by atoms with van der Waals surface area (Å²) in [7, 11) is 0. The van der Waals surface area contributed by atoms with Crippen molar-refractivity contribution in [3.05, 3.63) is 89.0 Å². The molecule has 0 radical (unpaired) electrons. The highest BCUT2D eigenvalue weighted by Crippen LogP contribution is 2.28. The molecule has 7 heteroatoms. The molecule has 1 amide bonds. The first-order chi connectivity index (χ1) is 16.4. The first-order valence-corrected chi connectivity index (χ1v) is 11.8. The summed E-state index contributed by atoms with van der Waals surface area (Å²) in [5, 5.41) is 6.49. The highest BCUT2D eigenvalue weighted by atomic mass is 35.5. The first kappa shape index (κ1) is 23.7. The van der Waals surface area contributed by atoms with Crippen LogP contribution >= 0.6 is 23.8 Å². The lowest BCUT2D eigenvalue weighted by atomic mass is 9.98. The fraction of sp³-hybridized carbons (Fsp3) is 0.148. The Bertz CT molecular complexity index is 1340. The standard InChI is InChI=1S/C27H24ClN3O2S/c1-3-17(2)20-9-14-24-23(16-20)30-26(33-24)19-7-12-22(13-8-19)29-27(34)31-25(32)15-6-18-4-10-21(28)11-5-18/h4-17H,3H2,1-2H3,(H2,29,31,32,34). The fourth-order valence-electron chi connectivity index (χ4n) is 3.37. The highest BCUT2D eigenvalue weighted by Gasteiger charge is 2.11. The average molecular weight is 490 g/mol. The Morgan fingerprint density at radius 1 is 1.12 bits per heavy atom. The smallest absolute Gasteiger partial charge is 0.250 e. The van der Waals surface area contributed by atoms with E-state index in [-0.39, 0.29) is 11.0 Å². The van der Waals surface area contributed by atoms with Gasteiger partial charge in [0.05, 0.1) is 0 Å². The van der Waals surface area contributed by atoms with Gasteiger partial charge in [0.1, 0.15) is 5.52 Å². The minimum Gasteiger partial charge on any atom is -0.436 e. The monoisotopic (exact) mass is 489 g/mol. The Kier molecular flexibility index (Phi) is 7.40. The molecular weight excluding hydrogens is 466 g/mol. The Labute approximate surface area is 208 Å². The van der Waals surface area contributed by atoms with Gasteiger partial charge >= 0.3 is 0 Å². The molecule has 1 heterocycles. The second-order valence-electron chi connectivity index (χ2n) is 7.96. The predicted molar refractivity (Wildman–Crippen MR) is 143 cm³/mol. The maximum Gasteiger partial charge on any atom is 0.250 e. The maximum atomic E-state index is 12.1. The van der Waals surface area contributed by atoms with E-state index in [1.807, 2.05) is 42.5 Å². The van der Waals surface area contributed by atoms with Gasteiger partial charge in [-0.25, -0.2) is 4.98 Å². The molecule has 0 fully saturated rings. The lowest BCUT2D eigenvalue weighted by molar-refractivity contribution is -0.115. The van der Waals surface area contributed by atoms with Crippen molar-refractivity contribution < 1.29 is 9.21 Å². The van der Waals surface area contributed by atoms with Crippen molar-refractivity contribution in [2.45, 2.75) is 26.2 Å². The van der Waals surface area contributed by atoms with Crippen molar-refractivity contribution in [2.24, 2.45) is 0 Å². The van der Waals surface area contributed by atoms with Gasteiger partial charge in [-0.3, -0.25) is 10.1 Å². The number of oxazole rings is 1. The molecule has 0 aliphatic heterocycles. The SMILES string of the molecule is CCC(C)c1ccc2oc(-c3ccc(NC(=S)NC(=O)C=Cc4ccc(Cl)cc4)cc3)nc2c1. The number of hydrogen-bond donors (Lipinski definition) is 2. The molecule has 1 unspecified atom stereocenters. The summed E-state index contributed by atoms with van der Waals surface area (Å²) < 4.78 is 5.94. The van der Waals surface area contributed by atoms with Gasteiger partial charge in [0, 0.05) is 22.3 Å². The van der Waals surface area contributed by atoms with Crippen LogP contribution in [0.4, 0.5) is 5.69 Å². The third kappa shape index (κ3) is 5.90. The lowest BCUT2D eigenvalue weighted by Crippen LogP contribution is -2.32. The fourth-order valence-corrected chi connectivity index (χ4v) is 3.71. The van der Waals surface area contributed by atoms with Crippen molar-refractivity contribution in [1.82, 2.24) is 10.3 Å². The van der Waals surface area contributed by atoms with Crippen LogP contribution in [0.5, 0.6) is 0 Å². The molecule has 0 bridgehead atoms. The van der Waals surface area contributed by atoms with E-state index < -0.39 is 0 Å². The summed E-state index contributed by atoms with van der Waals surface area (Å²) in [5.74, 6) is 0.713. The van der Waals surface area contributed by atoms with Crippen LogP contribution < -0.4 is 10.6 Å². The largest absolute Gasteiger partial charge is 0.436 e. The topological polar surface area (TPSA) is 67.2 Å². The van der Waals surface area contributed by atoms with Gasteiger partial charge < -0.3 is 9.73 Å². The summed E-state index contributed by atoms with van der Waals surface area (Å²) in [4.78, 5) is 16.8. The summed E-state index contributed by atoms with van der Waals surface area (Å²) >= 11 is 11.1. The van der Waals surface area contributed by atoms with Crippen LogP contribution in [0.15, 0.2) is 77.2 Å². The number of anilines is 1. The number of thiocarbonyl (C=S) groups is 1. The van der Waals surface area contributed by atoms with Crippen LogP contribution in [0.3, 0.4) is 0 Å². The zero-order valence-corrected chi connectivity index (χ0v) is 20.4. The van der Waals surface area contributed by atoms with E-state index >= 15 is 0 Å². The van der Waals surface area contributed by atoms with Gasteiger partial charge in [-0.05, 0) is 90.3 Å². The van der Waals surface area contributed by atoms with E-state index in [0.29, 0.717) is 16.8 Å². The minimum atomic E-state index is -0.327. The van der Waals surface area contributed by atoms with Crippen molar-refractivity contribution in [3.63, 3.8) is 0 Å². The molecule has 1 aromatic heterocycles. The van der Waals surface area contributed by atoms with E-state index in [2.05, 4.69) is 41.6 Å². The Balaban J connectivity index is 1.37. The zero-order valence-electron chi connectivity index (χ0n) is 18.8. The molecule has 34 heavy (non-hydrogen) atoms. The number of nitrogens with zero attached hydrogens (tertiary/aromatic N) is 1. The molecule has 1 atom stereocenters. The van der Waals surface area contributed by atoms with Gasteiger partial charge in [-0.1, -0.05) is 43.6 Å². The molecule has 0 aliphatic rings. The van der Waals surface area contributed by atoms with Crippen molar-refractivity contribution in [1.29, 1.82) is 0 Å². The second kappa shape index (κ2) is 10.6. The van der Waals surface area contributed by atoms with E-state index in [1.54, 1.807) is 18.2 Å². The number of halogens is 1. The number of aromatic nitrogens is 1. The van der Waals surface area contributed by atoms with Crippen LogP contribution in [-0.2, 0) is 4.79 Å². The van der Waals surface area contributed by atoms with Gasteiger partial charge in [-0.15, -0.1) is 0 Å². The van der Waals surface area contributed by atoms with Crippen LogP contribution in [0.1, 0.15) is 37.3 Å². The van der Waals surface area contributed by atoms with Crippen LogP contribution in [0, 0.1) is 0 Å². The predicted octanol–water partition coefficient (Wildman–Crippen LogP) is 7.19. The molecule has 0 saturated carbocycles. The average Bonchev–Trinajstić information content (AvgIpc) is 3.27. The molecule has 0 saturated heterocycles. The van der Waals surface area contributed by atoms with Gasteiger partial charge in [-0.2, -0.15) is 0 Å². The number of carbonyl (C=O) groups is 1. The summed E-state index contributed by atoms with van der Waals surface area (Å²) in [5.41, 5.74) is 5.33. The van der Waals surface area contributed by atoms with Crippen LogP contribution in [0.2, 0.25) is 5.02 Å². The Morgan fingerprint density at radius 3 is 2.56 bits per heavy atom. The number of hydrogen-bond acceptors (Lipinski definition) is 4. The van der Waals surface area contributed by atoms with Gasteiger partial charge in [0.15, 0.2) is 10.7 Å². The number of nitrogens with one attached hydrogen (secondary N) is 2. The summed E-state index contributed by atoms with van der Waals surface area (Å²) in [6.45, 7) is 4.38. The van der Waals surface area contributed by atoms with Crippen LogP contribution in [0.25, 0.3) is 28.6 Å². The second-order valence-corrected chi connectivity index (χ2v) is 8.81. The molecular formula is C27H24ClN3O2S. The third-order valence-corrected chi connectivity index (χ3v) is 5.97. The number of benzene rings is 3. The Hall–Kier alpha value is -3.48. The maximum absolute atomic E-state index is 12.1. The van der Waals surface area contributed by atoms with Crippen LogP contribution in [-0.4, -0.2) is 16.0 Å². The lowest BCUT2D eigenvalue weighted by Gasteiger charge is -2.08. The van der Waals surface area contributed by atoms with E-state index in [4.69, 9.17) is 28.2 Å². The summed E-state index contributed by atoms with van der Waals surface area (Å²) in [6, 6.07) is 20.9. The van der Waals surface area contributed by atoms with E-state index in [0.717, 1.165) is 34.3 Å². The molecule has 172 valence electrons. The molecule has 5 nitrogen and oxygen atoms in total. The molecule has 0 spiro atoms. The quantitative estimate of drug-likeness (QED) is 0.221.